The van der Waals surface area contributed by atoms with Crippen LogP contribution in [-0.2, 0) is 19.7 Å². The van der Waals surface area contributed by atoms with Crippen molar-refractivity contribution >= 4 is 21.9 Å². The SMILES string of the molecule is C[N+](C)(CCCS(=O)(=O)O)N1C(=O)C=CC1=O. The Bertz CT molecular complexity index is 448. The van der Waals surface area contributed by atoms with Gasteiger partial charge in [0.1, 0.15) is 6.54 Å². The van der Waals surface area contributed by atoms with Crippen LogP contribution in [-0.4, -0.2) is 60.8 Å². The smallest absolute Gasteiger partial charge is 0.286 e. The van der Waals surface area contributed by atoms with Gasteiger partial charge >= 0.3 is 0 Å². The summed E-state index contributed by atoms with van der Waals surface area (Å²) in [5.41, 5.74) is 0. The summed E-state index contributed by atoms with van der Waals surface area (Å²) in [6, 6.07) is 0. The molecule has 0 aromatic carbocycles. The van der Waals surface area contributed by atoms with Crippen LogP contribution in [0.1, 0.15) is 6.42 Å². The predicted octanol–water partition coefficient (Wildman–Crippen LogP) is -0.819. The van der Waals surface area contributed by atoms with Crippen molar-refractivity contribution in [1.82, 2.24) is 5.01 Å². The number of hydrogen-bond donors (Lipinski definition) is 1. The third kappa shape index (κ3) is 3.62. The van der Waals surface area contributed by atoms with Crippen LogP contribution in [0.2, 0.25) is 0 Å². The second-order valence-corrected chi connectivity index (χ2v) is 5.88. The third-order valence-electron chi connectivity index (χ3n) is 2.44. The fourth-order valence-electron chi connectivity index (χ4n) is 1.66. The zero-order chi connectivity index (χ0) is 13.3. The molecule has 0 atom stereocenters. The molecular formula is C9H15N2O5S+. The molecule has 2 amide bonds. The molecule has 96 valence electrons. The number of amides is 2. The molecule has 0 aromatic heterocycles. The van der Waals surface area contributed by atoms with Gasteiger partial charge in [0.15, 0.2) is 0 Å². The minimum absolute atomic E-state index is 0.0693. The van der Waals surface area contributed by atoms with E-state index < -0.39 is 27.7 Å². The highest BCUT2D eigenvalue weighted by Gasteiger charge is 2.37. The predicted molar refractivity (Wildman–Crippen MR) is 59.0 cm³/mol. The lowest BCUT2D eigenvalue weighted by molar-refractivity contribution is -0.977. The Balaban J connectivity index is 2.63. The van der Waals surface area contributed by atoms with Crippen molar-refractivity contribution in [2.45, 2.75) is 6.42 Å². The molecule has 1 heterocycles. The lowest BCUT2D eigenvalue weighted by Crippen LogP contribution is -2.58. The number of carbonyl (C=O) groups excluding carboxylic acids is 2. The van der Waals surface area contributed by atoms with E-state index in [1.54, 1.807) is 14.1 Å². The summed E-state index contributed by atoms with van der Waals surface area (Å²) in [7, 11) is -0.775. The quantitative estimate of drug-likeness (QED) is 0.397. The van der Waals surface area contributed by atoms with E-state index in [9.17, 15) is 18.0 Å². The summed E-state index contributed by atoms with van der Waals surface area (Å²) in [4.78, 5) is 22.9. The average Bonchev–Trinajstić information content (AvgIpc) is 2.43. The molecule has 17 heavy (non-hydrogen) atoms. The van der Waals surface area contributed by atoms with E-state index in [0.717, 1.165) is 5.01 Å². The van der Waals surface area contributed by atoms with Crippen LogP contribution < -0.4 is 0 Å². The molecule has 1 aliphatic rings. The summed E-state index contributed by atoms with van der Waals surface area (Å²) in [6.45, 7) is 0.249. The van der Waals surface area contributed by atoms with Gasteiger partial charge in [0.25, 0.3) is 21.9 Å². The Kier molecular flexibility index (Phi) is 3.70. The highest BCUT2D eigenvalue weighted by Crippen LogP contribution is 2.14. The van der Waals surface area contributed by atoms with E-state index in [-0.39, 0.29) is 17.6 Å². The molecule has 0 aliphatic carbocycles. The number of rotatable bonds is 5. The zero-order valence-corrected chi connectivity index (χ0v) is 10.5. The molecule has 0 aromatic rings. The Morgan fingerprint density at radius 1 is 1.24 bits per heavy atom. The van der Waals surface area contributed by atoms with E-state index in [2.05, 4.69) is 0 Å². The summed E-state index contributed by atoms with van der Waals surface area (Å²) >= 11 is 0. The van der Waals surface area contributed by atoms with E-state index in [4.69, 9.17) is 4.55 Å². The van der Waals surface area contributed by atoms with Crippen molar-refractivity contribution in [3.8, 4) is 0 Å². The summed E-state index contributed by atoms with van der Waals surface area (Å²) in [5.74, 6) is -1.24. The Labute approximate surface area is 99.6 Å². The first-order chi connectivity index (χ1) is 7.63. The van der Waals surface area contributed by atoms with Crippen LogP contribution in [0.25, 0.3) is 0 Å². The van der Waals surface area contributed by atoms with Crippen molar-refractivity contribution in [1.29, 1.82) is 0 Å². The first-order valence-corrected chi connectivity index (χ1v) is 6.59. The molecule has 0 saturated carbocycles. The second kappa shape index (κ2) is 4.55. The van der Waals surface area contributed by atoms with Gasteiger partial charge in [-0.25, -0.2) is 4.59 Å². The van der Waals surface area contributed by atoms with Gasteiger partial charge in [-0.05, 0) is 0 Å². The lowest BCUT2D eigenvalue weighted by Gasteiger charge is -2.35. The van der Waals surface area contributed by atoms with Gasteiger partial charge in [0.05, 0.1) is 19.8 Å². The zero-order valence-electron chi connectivity index (χ0n) is 9.66. The lowest BCUT2D eigenvalue weighted by atomic mass is 10.4. The summed E-state index contributed by atoms with van der Waals surface area (Å²) in [5, 5.41) is 1.03. The van der Waals surface area contributed by atoms with Crippen LogP contribution in [0.3, 0.4) is 0 Å². The molecule has 0 bridgehead atoms. The third-order valence-corrected chi connectivity index (χ3v) is 3.24. The fraction of sp³-hybridized carbons (Fsp3) is 0.556. The van der Waals surface area contributed by atoms with Crippen molar-refractivity contribution in [3.05, 3.63) is 12.2 Å². The molecule has 0 saturated heterocycles. The van der Waals surface area contributed by atoms with Crippen LogP contribution in [0.4, 0.5) is 0 Å². The maximum atomic E-state index is 11.4. The number of nitrogens with zero attached hydrogens (tertiary/aromatic N) is 2. The second-order valence-electron chi connectivity index (χ2n) is 4.31. The summed E-state index contributed by atoms with van der Waals surface area (Å²) in [6.07, 6.45) is 2.50. The largest absolute Gasteiger partial charge is 0.300 e. The molecule has 0 radical (unpaired) electrons. The van der Waals surface area contributed by atoms with Crippen LogP contribution in [0.5, 0.6) is 0 Å². The minimum atomic E-state index is -4.01. The van der Waals surface area contributed by atoms with Crippen LogP contribution >= 0.6 is 0 Å². The molecule has 1 N–H and O–H groups in total. The number of imide groups is 1. The first kappa shape index (κ1) is 13.8. The van der Waals surface area contributed by atoms with E-state index in [1.165, 1.54) is 12.2 Å². The van der Waals surface area contributed by atoms with Crippen molar-refractivity contribution in [3.63, 3.8) is 0 Å². The van der Waals surface area contributed by atoms with Crippen molar-refractivity contribution in [2.75, 3.05) is 26.4 Å². The monoisotopic (exact) mass is 263 g/mol. The molecule has 1 rings (SSSR count). The molecule has 0 fully saturated rings. The minimum Gasteiger partial charge on any atom is -0.286 e. The van der Waals surface area contributed by atoms with Gasteiger partial charge in [-0.1, -0.05) is 0 Å². The normalized spacial score (nSPS) is 17.0. The van der Waals surface area contributed by atoms with E-state index in [1.807, 2.05) is 0 Å². The molecule has 0 unspecified atom stereocenters. The van der Waals surface area contributed by atoms with Gasteiger partial charge in [-0.15, -0.1) is 5.01 Å². The Morgan fingerprint density at radius 3 is 2.12 bits per heavy atom. The Morgan fingerprint density at radius 2 is 1.71 bits per heavy atom. The van der Waals surface area contributed by atoms with Gasteiger partial charge in [0, 0.05) is 18.6 Å². The van der Waals surface area contributed by atoms with Gasteiger partial charge < -0.3 is 0 Å². The van der Waals surface area contributed by atoms with Gasteiger partial charge in [0.2, 0.25) is 0 Å². The standard InChI is InChI=1S/C9H14N2O5S/c1-11(2,6-3-7-17(14,15)16)10-8(12)4-5-9(10)13/h4-5H,3,6-7H2,1-2H3/p+1. The maximum Gasteiger partial charge on any atom is 0.300 e. The fourth-order valence-corrected chi connectivity index (χ4v) is 2.15. The number of carbonyl (C=O) groups is 2. The summed E-state index contributed by atoms with van der Waals surface area (Å²) < 4.78 is 29.6. The molecule has 0 spiro atoms. The highest BCUT2D eigenvalue weighted by atomic mass is 32.2. The van der Waals surface area contributed by atoms with Crippen LogP contribution in [0.15, 0.2) is 12.2 Å². The van der Waals surface area contributed by atoms with Crippen molar-refractivity contribution in [2.24, 2.45) is 0 Å². The number of hydrogen-bond acceptors (Lipinski definition) is 4. The van der Waals surface area contributed by atoms with E-state index >= 15 is 0 Å². The highest BCUT2D eigenvalue weighted by molar-refractivity contribution is 7.85. The van der Waals surface area contributed by atoms with Gasteiger partial charge in [-0.2, -0.15) is 8.42 Å². The topological polar surface area (TPSA) is 91.8 Å². The average molecular weight is 263 g/mol. The van der Waals surface area contributed by atoms with Crippen molar-refractivity contribution < 1.29 is 27.2 Å². The molecule has 8 heteroatoms. The van der Waals surface area contributed by atoms with Gasteiger partial charge in [-0.3, -0.25) is 14.1 Å². The molecule has 1 aliphatic heterocycles. The first-order valence-electron chi connectivity index (χ1n) is 4.98. The molecule has 7 nitrogen and oxygen atoms in total. The van der Waals surface area contributed by atoms with E-state index in [0.29, 0.717) is 0 Å². The Hall–Kier alpha value is -1.25. The molecular weight excluding hydrogens is 248 g/mol. The van der Waals surface area contributed by atoms with Crippen LogP contribution in [0, 0.1) is 0 Å². The maximum absolute atomic E-state index is 11.4. The number of quaternary nitrogens is 1.